The Hall–Kier alpha value is -0.830. The molecule has 0 spiro atoms. The number of nitrogens with zero attached hydrogens (tertiary/aromatic N) is 2. The predicted octanol–water partition coefficient (Wildman–Crippen LogP) is 1.48. The molecule has 1 heterocycles. The molecule has 0 radical (unpaired) electrons. The molecular formula is C11H19N3. The van der Waals surface area contributed by atoms with Gasteiger partial charge < -0.3 is 5.73 Å². The molecule has 0 bridgehead atoms. The molecule has 0 saturated heterocycles. The molecule has 0 amide bonds. The highest BCUT2D eigenvalue weighted by molar-refractivity contribution is 5.08. The molecule has 2 N–H and O–H groups in total. The fourth-order valence-corrected chi connectivity index (χ4v) is 2.57. The van der Waals surface area contributed by atoms with Crippen molar-refractivity contribution < 1.29 is 0 Å². The highest BCUT2D eigenvalue weighted by atomic mass is 15.2. The molecule has 14 heavy (non-hydrogen) atoms. The molecule has 1 fully saturated rings. The van der Waals surface area contributed by atoms with Crippen molar-refractivity contribution in [3.63, 3.8) is 0 Å². The van der Waals surface area contributed by atoms with E-state index in [1.54, 1.807) is 0 Å². The molecule has 0 aliphatic heterocycles. The summed E-state index contributed by atoms with van der Waals surface area (Å²) in [4.78, 5) is 0. The van der Waals surface area contributed by atoms with E-state index in [0.29, 0.717) is 5.41 Å². The van der Waals surface area contributed by atoms with E-state index >= 15 is 0 Å². The van der Waals surface area contributed by atoms with Crippen LogP contribution in [0.3, 0.4) is 0 Å². The summed E-state index contributed by atoms with van der Waals surface area (Å²) in [6.45, 7) is 0.821. The highest BCUT2D eigenvalue weighted by Gasteiger charge is 2.32. The maximum atomic E-state index is 5.90. The maximum Gasteiger partial charge on any atom is 0.0521 e. The van der Waals surface area contributed by atoms with Crippen molar-refractivity contribution in [2.75, 3.05) is 6.54 Å². The highest BCUT2D eigenvalue weighted by Crippen LogP contribution is 2.39. The molecule has 1 saturated carbocycles. The number of aryl methyl sites for hydroxylation is 1. The van der Waals surface area contributed by atoms with Gasteiger partial charge in [0.05, 0.1) is 6.20 Å². The van der Waals surface area contributed by atoms with Crippen molar-refractivity contribution in [2.45, 2.75) is 32.1 Å². The predicted molar refractivity (Wildman–Crippen MR) is 56.9 cm³/mol. The number of hydrogen-bond acceptors (Lipinski definition) is 2. The molecule has 3 nitrogen and oxygen atoms in total. The van der Waals surface area contributed by atoms with Gasteiger partial charge in [0, 0.05) is 13.2 Å². The van der Waals surface area contributed by atoms with Crippen LogP contribution in [0.1, 0.15) is 31.2 Å². The summed E-state index contributed by atoms with van der Waals surface area (Å²) in [6, 6.07) is 0. The average molecular weight is 193 g/mol. The van der Waals surface area contributed by atoms with Gasteiger partial charge in [0.2, 0.25) is 0 Å². The molecule has 0 aromatic carbocycles. The number of nitrogens with two attached hydrogens (primary N) is 1. The molecule has 1 aromatic heterocycles. The summed E-state index contributed by atoms with van der Waals surface area (Å²) in [7, 11) is 1.97. The summed E-state index contributed by atoms with van der Waals surface area (Å²) in [6.07, 6.45) is 10.5. The largest absolute Gasteiger partial charge is 0.330 e. The van der Waals surface area contributed by atoms with Crippen molar-refractivity contribution in [2.24, 2.45) is 18.2 Å². The minimum Gasteiger partial charge on any atom is -0.330 e. The first kappa shape index (κ1) is 9.71. The van der Waals surface area contributed by atoms with Crippen LogP contribution in [0.4, 0.5) is 0 Å². The zero-order valence-electron chi connectivity index (χ0n) is 8.87. The van der Waals surface area contributed by atoms with Gasteiger partial charge in [0.1, 0.15) is 0 Å². The van der Waals surface area contributed by atoms with Crippen molar-refractivity contribution in [3.05, 3.63) is 18.0 Å². The summed E-state index contributed by atoms with van der Waals surface area (Å²) in [5.41, 5.74) is 7.61. The fourth-order valence-electron chi connectivity index (χ4n) is 2.57. The molecule has 1 aliphatic carbocycles. The minimum absolute atomic E-state index is 0.378. The number of hydrogen-bond donors (Lipinski definition) is 1. The Balaban J connectivity index is 2.08. The van der Waals surface area contributed by atoms with E-state index < -0.39 is 0 Å². The van der Waals surface area contributed by atoms with Crippen LogP contribution in [-0.2, 0) is 13.5 Å². The van der Waals surface area contributed by atoms with Gasteiger partial charge >= 0.3 is 0 Å². The van der Waals surface area contributed by atoms with E-state index in [4.69, 9.17) is 5.73 Å². The second-order valence-electron chi connectivity index (χ2n) is 4.61. The van der Waals surface area contributed by atoms with E-state index in [2.05, 4.69) is 11.3 Å². The Morgan fingerprint density at radius 2 is 2.21 bits per heavy atom. The van der Waals surface area contributed by atoms with Gasteiger partial charge in [-0.3, -0.25) is 4.68 Å². The van der Waals surface area contributed by atoms with E-state index in [1.807, 2.05) is 17.9 Å². The van der Waals surface area contributed by atoms with E-state index in [-0.39, 0.29) is 0 Å². The van der Waals surface area contributed by atoms with Gasteiger partial charge in [-0.15, -0.1) is 0 Å². The van der Waals surface area contributed by atoms with Gasteiger partial charge in [-0.2, -0.15) is 5.10 Å². The van der Waals surface area contributed by atoms with Gasteiger partial charge in [-0.1, -0.05) is 12.8 Å². The normalized spacial score (nSPS) is 20.1. The lowest BCUT2D eigenvalue weighted by atomic mass is 9.81. The third-order valence-corrected chi connectivity index (χ3v) is 3.43. The van der Waals surface area contributed by atoms with Crippen molar-refractivity contribution in [3.8, 4) is 0 Å². The average Bonchev–Trinajstić information content (AvgIpc) is 2.77. The number of aromatic nitrogens is 2. The molecule has 1 aliphatic rings. The van der Waals surface area contributed by atoms with Crippen LogP contribution < -0.4 is 5.73 Å². The van der Waals surface area contributed by atoms with Crippen LogP contribution in [-0.4, -0.2) is 16.3 Å². The Bertz CT molecular complexity index is 297. The molecule has 78 valence electrons. The van der Waals surface area contributed by atoms with Gasteiger partial charge in [-0.05, 0) is 36.8 Å². The van der Waals surface area contributed by atoms with Crippen LogP contribution in [0.15, 0.2) is 12.4 Å². The fraction of sp³-hybridized carbons (Fsp3) is 0.727. The molecule has 0 unspecified atom stereocenters. The van der Waals surface area contributed by atoms with Crippen molar-refractivity contribution >= 4 is 0 Å². The minimum atomic E-state index is 0.378. The Morgan fingerprint density at radius 1 is 1.50 bits per heavy atom. The molecular weight excluding hydrogens is 174 g/mol. The first-order valence-corrected chi connectivity index (χ1v) is 5.42. The van der Waals surface area contributed by atoms with Crippen LogP contribution >= 0.6 is 0 Å². The first-order valence-electron chi connectivity index (χ1n) is 5.42. The summed E-state index contributed by atoms with van der Waals surface area (Å²) < 4.78 is 1.87. The summed E-state index contributed by atoms with van der Waals surface area (Å²) in [5.74, 6) is 0. The lowest BCUT2D eigenvalue weighted by Crippen LogP contribution is -2.29. The summed E-state index contributed by atoms with van der Waals surface area (Å²) in [5, 5.41) is 4.20. The quantitative estimate of drug-likeness (QED) is 0.790. The lowest BCUT2D eigenvalue weighted by Gasteiger charge is -2.26. The topological polar surface area (TPSA) is 43.8 Å². The van der Waals surface area contributed by atoms with Gasteiger partial charge in [-0.25, -0.2) is 0 Å². The standard InChI is InChI=1S/C11H19N3/c1-14-8-10(7-13-14)6-11(9-12)4-2-3-5-11/h7-8H,2-6,9,12H2,1H3. The van der Waals surface area contributed by atoms with Crippen LogP contribution in [0, 0.1) is 5.41 Å². The van der Waals surface area contributed by atoms with Crippen molar-refractivity contribution in [1.82, 2.24) is 9.78 Å². The first-order chi connectivity index (χ1) is 6.74. The van der Waals surface area contributed by atoms with E-state index in [0.717, 1.165) is 13.0 Å². The monoisotopic (exact) mass is 193 g/mol. The molecule has 1 aromatic rings. The molecule has 2 rings (SSSR count). The zero-order chi connectivity index (χ0) is 10.0. The SMILES string of the molecule is Cn1cc(CC2(CN)CCCC2)cn1. The van der Waals surface area contributed by atoms with Crippen LogP contribution in [0.25, 0.3) is 0 Å². The Kier molecular flexibility index (Phi) is 2.59. The zero-order valence-corrected chi connectivity index (χ0v) is 8.87. The Labute approximate surface area is 85.3 Å². The lowest BCUT2D eigenvalue weighted by molar-refractivity contribution is 0.306. The third kappa shape index (κ3) is 1.82. The van der Waals surface area contributed by atoms with Gasteiger partial charge in [0.15, 0.2) is 0 Å². The van der Waals surface area contributed by atoms with E-state index in [9.17, 15) is 0 Å². The van der Waals surface area contributed by atoms with E-state index in [1.165, 1.54) is 31.2 Å². The third-order valence-electron chi connectivity index (χ3n) is 3.43. The summed E-state index contributed by atoms with van der Waals surface area (Å²) >= 11 is 0. The molecule has 0 atom stereocenters. The maximum absolute atomic E-state index is 5.90. The van der Waals surface area contributed by atoms with Gasteiger partial charge in [0.25, 0.3) is 0 Å². The van der Waals surface area contributed by atoms with Crippen LogP contribution in [0.5, 0.6) is 0 Å². The van der Waals surface area contributed by atoms with Crippen LogP contribution in [0.2, 0.25) is 0 Å². The number of rotatable bonds is 3. The Morgan fingerprint density at radius 3 is 2.71 bits per heavy atom. The molecule has 3 heteroatoms. The second kappa shape index (κ2) is 3.73. The van der Waals surface area contributed by atoms with Crippen molar-refractivity contribution in [1.29, 1.82) is 0 Å². The smallest absolute Gasteiger partial charge is 0.0521 e. The second-order valence-corrected chi connectivity index (χ2v) is 4.61.